The Morgan fingerprint density at radius 1 is 1.62 bits per heavy atom. The van der Waals surface area contributed by atoms with E-state index < -0.39 is 0 Å². The Kier molecular flexibility index (Phi) is 1.99. The molecule has 0 unspecified atom stereocenters. The van der Waals surface area contributed by atoms with Gasteiger partial charge in [0.1, 0.15) is 6.33 Å². The van der Waals surface area contributed by atoms with Crippen LogP contribution in [0.15, 0.2) is 24.8 Å². The molecular formula is C8H11N5. The third-order valence-electron chi connectivity index (χ3n) is 1.71. The SMILES string of the molecule is Cn1cnc(NCc2cc[nH]c2)n1. The molecule has 0 saturated carbocycles. The van der Waals surface area contributed by atoms with Gasteiger partial charge in [-0.3, -0.25) is 4.68 Å². The second kappa shape index (κ2) is 3.30. The van der Waals surface area contributed by atoms with Crippen molar-refractivity contribution in [3.05, 3.63) is 30.4 Å². The van der Waals surface area contributed by atoms with Crippen LogP contribution in [0, 0.1) is 0 Å². The average molecular weight is 177 g/mol. The lowest BCUT2D eigenvalue weighted by molar-refractivity contribution is 0.766. The smallest absolute Gasteiger partial charge is 0.242 e. The molecule has 0 aliphatic rings. The number of aromatic amines is 1. The van der Waals surface area contributed by atoms with E-state index >= 15 is 0 Å². The van der Waals surface area contributed by atoms with Gasteiger partial charge in [-0.15, -0.1) is 5.10 Å². The van der Waals surface area contributed by atoms with Crippen molar-refractivity contribution in [1.29, 1.82) is 0 Å². The summed E-state index contributed by atoms with van der Waals surface area (Å²) in [5.74, 6) is 0.656. The normalized spacial score (nSPS) is 10.2. The zero-order chi connectivity index (χ0) is 9.10. The summed E-state index contributed by atoms with van der Waals surface area (Å²) >= 11 is 0. The van der Waals surface area contributed by atoms with Gasteiger partial charge < -0.3 is 10.3 Å². The number of nitrogens with one attached hydrogen (secondary N) is 2. The Morgan fingerprint density at radius 2 is 2.54 bits per heavy atom. The van der Waals surface area contributed by atoms with Crippen molar-refractivity contribution in [2.24, 2.45) is 7.05 Å². The number of aromatic nitrogens is 4. The lowest BCUT2D eigenvalue weighted by Crippen LogP contribution is -2.00. The largest absolute Gasteiger partial charge is 0.367 e. The highest BCUT2D eigenvalue weighted by Crippen LogP contribution is 2.01. The summed E-state index contributed by atoms with van der Waals surface area (Å²) in [6.45, 7) is 0.744. The Hall–Kier alpha value is -1.78. The molecule has 0 spiro atoms. The number of H-pyrrole nitrogens is 1. The maximum atomic E-state index is 4.09. The fourth-order valence-electron chi connectivity index (χ4n) is 1.07. The van der Waals surface area contributed by atoms with E-state index in [4.69, 9.17) is 0 Å². The predicted octanol–water partition coefficient (Wildman–Crippen LogP) is 0.755. The molecule has 2 heterocycles. The van der Waals surface area contributed by atoms with Crippen molar-refractivity contribution < 1.29 is 0 Å². The Bertz CT molecular complexity index is 362. The van der Waals surface area contributed by atoms with E-state index in [1.807, 2.05) is 25.5 Å². The Balaban J connectivity index is 1.93. The van der Waals surface area contributed by atoms with Crippen LogP contribution >= 0.6 is 0 Å². The maximum absolute atomic E-state index is 4.09. The lowest BCUT2D eigenvalue weighted by atomic mass is 10.3. The molecule has 5 nitrogen and oxygen atoms in total. The minimum Gasteiger partial charge on any atom is -0.367 e. The molecular weight excluding hydrogens is 166 g/mol. The molecule has 13 heavy (non-hydrogen) atoms. The highest BCUT2D eigenvalue weighted by Gasteiger charge is 1.97. The number of nitrogens with zero attached hydrogens (tertiary/aromatic N) is 3. The number of anilines is 1. The van der Waals surface area contributed by atoms with Crippen LogP contribution in [-0.2, 0) is 13.6 Å². The molecule has 2 aromatic rings. The van der Waals surface area contributed by atoms with E-state index in [0.717, 1.165) is 6.54 Å². The van der Waals surface area contributed by atoms with Crippen LogP contribution in [0.3, 0.4) is 0 Å². The van der Waals surface area contributed by atoms with Crippen molar-refractivity contribution in [3.8, 4) is 0 Å². The van der Waals surface area contributed by atoms with Crippen LogP contribution in [0.4, 0.5) is 5.95 Å². The molecule has 0 aromatic carbocycles. The minimum atomic E-state index is 0.656. The third kappa shape index (κ3) is 1.87. The number of rotatable bonds is 3. The highest BCUT2D eigenvalue weighted by molar-refractivity contribution is 5.24. The van der Waals surface area contributed by atoms with Gasteiger partial charge in [0, 0.05) is 26.0 Å². The molecule has 0 aliphatic heterocycles. The van der Waals surface area contributed by atoms with Gasteiger partial charge in [-0.25, -0.2) is 4.98 Å². The van der Waals surface area contributed by atoms with Crippen LogP contribution in [0.5, 0.6) is 0 Å². The molecule has 2 N–H and O–H groups in total. The van der Waals surface area contributed by atoms with Gasteiger partial charge in [-0.2, -0.15) is 0 Å². The van der Waals surface area contributed by atoms with Gasteiger partial charge in [0.25, 0.3) is 0 Å². The molecule has 0 radical (unpaired) electrons. The fraction of sp³-hybridized carbons (Fsp3) is 0.250. The molecule has 2 aromatic heterocycles. The second-order valence-electron chi connectivity index (χ2n) is 2.81. The summed E-state index contributed by atoms with van der Waals surface area (Å²) in [6.07, 6.45) is 5.50. The third-order valence-corrected chi connectivity index (χ3v) is 1.71. The molecule has 2 rings (SSSR count). The maximum Gasteiger partial charge on any atom is 0.242 e. The first-order valence-electron chi connectivity index (χ1n) is 4.06. The van der Waals surface area contributed by atoms with Crippen LogP contribution in [0.2, 0.25) is 0 Å². The molecule has 0 fully saturated rings. The molecule has 68 valence electrons. The quantitative estimate of drug-likeness (QED) is 0.727. The van der Waals surface area contributed by atoms with Gasteiger partial charge in [0.15, 0.2) is 0 Å². The molecule has 0 atom stereocenters. The first-order valence-corrected chi connectivity index (χ1v) is 4.06. The molecule has 0 bridgehead atoms. The zero-order valence-corrected chi connectivity index (χ0v) is 7.36. The molecule has 0 amide bonds. The Morgan fingerprint density at radius 3 is 3.15 bits per heavy atom. The van der Waals surface area contributed by atoms with E-state index in [-0.39, 0.29) is 0 Å². The van der Waals surface area contributed by atoms with E-state index in [1.165, 1.54) is 5.56 Å². The minimum absolute atomic E-state index is 0.656. The van der Waals surface area contributed by atoms with Crippen molar-refractivity contribution in [2.75, 3.05) is 5.32 Å². The van der Waals surface area contributed by atoms with Crippen LogP contribution in [0.25, 0.3) is 0 Å². The van der Waals surface area contributed by atoms with E-state index in [0.29, 0.717) is 5.95 Å². The van der Waals surface area contributed by atoms with Crippen LogP contribution < -0.4 is 5.32 Å². The van der Waals surface area contributed by atoms with Crippen molar-refractivity contribution in [1.82, 2.24) is 19.7 Å². The summed E-state index contributed by atoms with van der Waals surface area (Å²) in [7, 11) is 1.84. The molecule has 0 saturated heterocycles. The summed E-state index contributed by atoms with van der Waals surface area (Å²) in [5, 5.41) is 7.20. The number of hydrogen-bond donors (Lipinski definition) is 2. The van der Waals surface area contributed by atoms with Crippen molar-refractivity contribution >= 4 is 5.95 Å². The van der Waals surface area contributed by atoms with E-state index in [1.54, 1.807) is 11.0 Å². The van der Waals surface area contributed by atoms with Gasteiger partial charge in [0.2, 0.25) is 5.95 Å². The fourth-order valence-corrected chi connectivity index (χ4v) is 1.07. The van der Waals surface area contributed by atoms with Crippen molar-refractivity contribution in [3.63, 3.8) is 0 Å². The molecule has 0 aliphatic carbocycles. The standard InChI is InChI=1S/C8H11N5/c1-13-6-11-8(12-13)10-5-7-2-3-9-4-7/h2-4,6,9H,5H2,1H3,(H,10,12). The van der Waals surface area contributed by atoms with Gasteiger partial charge in [-0.1, -0.05) is 0 Å². The zero-order valence-electron chi connectivity index (χ0n) is 7.36. The van der Waals surface area contributed by atoms with Crippen LogP contribution in [0.1, 0.15) is 5.56 Å². The van der Waals surface area contributed by atoms with Crippen molar-refractivity contribution in [2.45, 2.75) is 6.54 Å². The summed E-state index contributed by atoms with van der Waals surface area (Å²) in [4.78, 5) is 7.03. The first kappa shape index (κ1) is 7.85. The van der Waals surface area contributed by atoms with Gasteiger partial charge in [0.05, 0.1) is 0 Å². The summed E-state index contributed by atoms with van der Waals surface area (Å²) in [5.41, 5.74) is 1.19. The lowest BCUT2D eigenvalue weighted by Gasteiger charge is -1.97. The number of hydrogen-bond acceptors (Lipinski definition) is 3. The van der Waals surface area contributed by atoms with Gasteiger partial charge in [-0.05, 0) is 11.6 Å². The predicted molar refractivity (Wildman–Crippen MR) is 49.1 cm³/mol. The van der Waals surface area contributed by atoms with Crippen LogP contribution in [-0.4, -0.2) is 19.7 Å². The van der Waals surface area contributed by atoms with E-state index in [9.17, 15) is 0 Å². The highest BCUT2D eigenvalue weighted by atomic mass is 15.4. The van der Waals surface area contributed by atoms with E-state index in [2.05, 4.69) is 20.4 Å². The monoisotopic (exact) mass is 177 g/mol. The average Bonchev–Trinajstić information content (AvgIpc) is 2.71. The Labute approximate surface area is 75.8 Å². The van der Waals surface area contributed by atoms with Gasteiger partial charge >= 0.3 is 0 Å². The molecule has 5 heteroatoms. The number of aryl methyl sites for hydroxylation is 1. The second-order valence-corrected chi connectivity index (χ2v) is 2.81. The summed E-state index contributed by atoms with van der Waals surface area (Å²) in [6, 6.07) is 2.01. The first-order chi connectivity index (χ1) is 6.34. The topological polar surface area (TPSA) is 58.5 Å². The summed E-state index contributed by atoms with van der Waals surface area (Å²) < 4.78 is 1.67.